The third-order valence-electron chi connectivity index (χ3n) is 3.54. The largest absolute Gasteiger partial charge is 0.417 e. The molecule has 1 aromatic rings. The number of hydrogen-bond donors (Lipinski definition) is 1. The standard InChI is InChI=1S/C14H16BrF3N2O/c1-8-7-20(9(2)6-19-8)13(21)10-3-4-12(15)11(5-10)14(16,17)18/h3-5,8-9,19H,6-7H2,1-2H3. The van der Waals surface area contributed by atoms with Crippen LogP contribution in [0.25, 0.3) is 0 Å². The number of alkyl halides is 3. The second-order valence-corrected chi connectivity index (χ2v) is 6.16. The van der Waals surface area contributed by atoms with Crippen LogP contribution in [0.3, 0.4) is 0 Å². The van der Waals surface area contributed by atoms with E-state index in [0.29, 0.717) is 13.1 Å². The van der Waals surface area contributed by atoms with Gasteiger partial charge >= 0.3 is 6.18 Å². The number of piperazine rings is 1. The van der Waals surface area contributed by atoms with Gasteiger partial charge in [-0.15, -0.1) is 0 Å². The van der Waals surface area contributed by atoms with Gasteiger partial charge in [0.25, 0.3) is 5.91 Å². The van der Waals surface area contributed by atoms with Gasteiger partial charge in [0.15, 0.2) is 0 Å². The van der Waals surface area contributed by atoms with Crippen molar-refractivity contribution >= 4 is 21.8 Å². The summed E-state index contributed by atoms with van der Waals surface area (Å²) in [7, 11) is 0. The van der Waals surface area contributed by atoms with Gasteiger partial charge in [-0.3, -0.25) is 4.79 Å². The maximum atomic E-state index is 12.9. The normalized spacial score (nSPS) is 23.2. The average molecular weight is 365 g/mol. The molecule has 0 spiro atoms. The molecule has 1 amide bonds. The molecular weight excluding hydrogens is 349 g/mol. The zero-order valence-electron chi connectivity index (χ0n) is 11.7. The number of amides is 1. The molecule has 1 aromatic carbocycles. The summed E-state index contributed by atoms with van der Waals surface area (Å²) in [5, 5.41) is 3.23. The van der Waals surface area contributed by atoms with E-state index >= 15 is 0 Å². The maximum Gasteiger partial charge on any atom is 0.417 e. The average Bonchev–Trinajstić information content (AvgIpc) is 2.40. The summed E-state index contributed by atoms with van der Waals surface area (Å²) >= 11 is 2.88. The predicted molar refractivity (Wildman–Crippen MR) is 77.1 cm³/mol. The van der Waals surface area contributed by atoms with Gasteiger partial charge in [0, 0.05) is 35.2 Å². The van der Waals surface area contributed by atoms with Crippen molar-refractivity contribution in [1.82, 2.24) is 10.2 Å². The number of rotatable bonds is 1. The molecule has 0 aromatic heterocycles. The van der Waals surface area contributed by atoms with Crippen molar-refractivity contribution in [2.75, 3.05) is 13.1 Å². The van der Waals surface area contributed by atoms with E-state index in [-0.39, 0.29) is 28.0 Å². The quantitative estimate of drug-likeness (QED) is 0.829. The molecule has 116 valence electrons. The van der Waals surface area contributed by atoms with Gasteiger partial charge in [-0.05, 0) is 32.0 Å². The van der Waals surface area contributed by atoms with Crippen LogP contribution in [0.2, 0.25) is 0 Å². The molecule has 1 aliphatic heterocycles. The number of nitrogens with zero attached hydrogens (tertiary/aromatic N) is 1. The first-order valence-electron chi connectivity index (χ1n) is 6.61. The molecule has 0 saturated carbocycles. The lowest BCUT2D eigenvalue weighted by Gasteiger charge is -2.37. The van der Waals surface area contributed by atoms with E-state index in [4.69, 9.17) is 0 Å². The van der Waals surface area contributed by atoms with Gasteiger partial charge in [-0.2, -0.15) is 13.2 Å². The van der Waals surface area contributed by atoms with Crippen molar-refractivity contribution in [3.05, 3.63) is 33.8 Å². The zero-order valence-corrected chi connectivity index (χ0v) is 13.3. The summed E-state index contributed by atoms with van der Waals surface area (Å²) in [6, 6.07) is 3.67. The predicted octanol–water partition coefficient (Wildman–Crippen LogP) is 3.29. The Morgan fingerprint density at radius 3 is 2.67 bits per heavy atom. The van der Waals surface area contributed by atoms with Crippen molar-refractivity contribution < 1.29 is 18.0 Å². The first-order valence-corrected chi connectivity index (χ1v) is 7.40. The second-order valence-electron chi connectivity index (χ2n) is 5.31. The number of nitrogens with one attached hydrogen (secondary N) is 1. The van der Waals surface area contributed by atoms with Crippen LogP contribution in [0.4, 0.5) is 13.2 Å². The topological polar surface area (TPSA) is 32.3 Å². The molecule has 2 atom stereocenters. The summed E-state index contributed by atoms with van der Waals surface area (Å²) in [5.74, 6) is -0.367. The van der Waals surface area contributed by atoms with Crippen molar-refractivity contribution in [2.45, 2.75) is 32.1 Å². The minimum Gasteiger partial charge on any atom is -0.333 e. The molecular formula is C14H16BrF3N2O. The fourth-order valence-electron chi connectivity index (χ4n) is 2.35. The fourth-order valence-corrected chi connectivity index (χ4v) is 2.82. The minimum absolute atomic E-state index is 0.0494. The van der Waals surface area contributed by atoms with E-state index in [1.54, 1.807) is 4.90 Å². The van der Waals surface area contributed by atoms with Crippen molar-refractivity contribution in [3.8, 4) is 0 Å². The minimum atomic E-state index is -4.49. The highest BCUT2D eigenvalue weighted by atomic mass is 79.9. The molecule has 0 bridgehead atoms. The lowest BCUT2D eigenvalue weighted by Crippen LogP contribution is -2.56. The Balaban J connectivity index is 2.31. The fraction of sp³-hybridized carbons (Fsp3) is 0.500. The summed E-state index contributed by atoms with van der Waals surface area (Å²) in [5.41, 5.74) is -0.768. The smallest absolute Gasteiger partial charge is 0.333 e. The van der Waals surface area contributed by atoms with Crippen LogP contribution in [-0.2, 0) is 6.18 Å². The number of hydrogen-bond acceptors (Lipinski definition) is 2. The van der Waals surface area contributed by atoms with Crippen LogP contribution < -0.4 is 5.32 Å². The van der Waals surface area contributed by atoms with Gasteiger partial charge < -0.3 is 10.2 Å². The monoisotopic (exact) mass is 364 g/mol. The Labute approximate surface area is 129 Å². The van der Waals surface area contributed by atoms with Crippen LogP contribution in [0.1, 0.15) is 29.8 Å². The Hall–Kier alpha value is -1.08. The Morgan fingerprint density at radius 2 is 2.05 bits per heavy atom. The van der Waals surface area contributed by atoms with Crippen LogP contribution in [-0.4, -0.2) is 36.0 Å². The van der Waals surface area contributed by atoms with E-state index in [2.05, 4.69) is 21.2 Å². The number of benzene rings is 1. The highest BCUT2D eigenvalue weighted by molar-refractivity contribution is 9.10. The summed E-state index contributed by atoms with van der Waals surface area (Å²) < 4.78 is 38.7. The van der Waals surface area contributed by atoms with Crippen molar-refractivity contribution in [2.24, 2.45) is 0 Å². The van der Waals surface area contributed by atoms with Crippen LogP contribution in [0.15, 0.2) is 22.7 Å². The molecule has 1 fully saturated rings. The first-order chi connectivity index (χ1) is 9.70. The third kappa shape index (κ3) is 3.58. The highest BCUT2D eigenvalue weighted by Gasteiger charge is 2.35. The second kappa shape index (κ2) is 5.96. The first kappa shape index (κ1) is 16.3. The number of halogens is 4. The molecule has 0 radical (unpaired) electrons. The molecule has 21 heavy (non-hydrogen) atoms. The van der Waals surface area contributed by atoms with E-state index in [1.165, 1.54) is 12.1 Å². The van der Waals surface area contributed by atoms with Gasteiger partial charge in [0.2, 0.25) is 0 Å². The third-order valence-corrected chi connectivity index (χ3v) is 4.24. The van der Waals surface area contributed by atoms with E-state index < -0.39 is 11.7 Å². The van der Waals surface area contributed by atoms with Gasteiger partial charge in [-0.1, -0.05) is 15.9 Å². The summed E-state index contributed by atoms with van der Waals surface area (Å²) in [6.07, 6.45) is -4.49. The van der Waals surface area contributed by atoms with Gasteiger partial charge in [-0.25, -0.2) is 0 Å². The van der Waals surface area contributed by atoms with Crippen LogP contribution in [0, 0.1) is 0 Å². The van der Waals surface area contributed by atoms with Crippen LogP contribution in [0.5, 0.6) is 0 Å². The molecule has 2 rings (SSSR count). The molecule has 3 nitrogen and oxygen atoms in total. The van der Waals surface area contributed by atoms with Crippen molar-refractivity contribution in [3.63, 3.8) is 0 Å². The molecule has 0 aliphatic carbocycles. The Bertz CT molecular complexity index is 548. The number of carbonyl (C=O) groups is 1. The molecule has 2 unspecified atom stereocenters. The molecule has 1 aliphatic rings. The molecule has 1 N–H and O–H groups in total. The van der Waals surface area contributed by atoms with Crippen LogP contribution >= 0.6 is 15.9 Å². The Morgan fingerprint density at radius 1 is 1.38 bits per heavy atom. The van der Waals surface area contributed by atoms with E-state index in [9.17, 15) is 18.0 Å². The highest BCUT2D eigenvalue weighted by Crippen LogP contribution is 2.35. The lowest BCUT2D eigenvalue weighted by molar-refractivity contribution is -0.138. The SMILES string of the molecule is CC1CN(C(=O)c2ccc(Br)c(C(F)(F)F)c2)C(C)CN1. The summed E-state index contributed by atoms with van der Waals surface area (Å²) in [6.45, 7) is 4.93. The summed E-state index contributed by atoms with van der Waals surface area (Å²) in [4.78, 5) is 14.1. The lowest BCUT2D eigenvalue weighted by atomic mass is 10.1. The van der Waals surface area contributed by atoms with Gasteiger partial charge in [0.05, 0.1) is 5.56 Å². The molecule has 1 saturated heterocycles. The Kier molecular flexibility index (Phi) is 4.63. The van der Waals surface area contributed by atoms with Gasteiger partial charge in [0.1, 0.15) is 0 Å². The number of carbonyl (C=O) groups excluding carboxylic acids is 1. The van der Waals surface area contributed by atoms with E-state index in [0.717, 1.165) is 6.07 Å². The van der Waals surface area contributed by atoms with E-state index in [1.807, 2.05) is 13.8 Å². The zero-order chi connectivity index (χ0) is 15.8. The van der Waals surface area contributed by atoms with Crippen molar-refractivity contribution in [1.29, 1.82) is 0 Å². The molecule has 7 heteroatoms. The molecule has 1 heterocycles. The maximum absolute atomic E-state index is 12.9.